The van der Waals surface area contributed by atoms with Crippen LogP contribution in [0.15, 0.2) is 45.8 Å². The number of hydrogen-bond acceptors (Lipinski definition) is 7. The highest BCUT2D eigenvalue weighted by atomic mass is 16.5. The van der Waals surface area contributed by atoms with Gasteiger partial charge in [-0.2, -0.15) is 0 Å². The Morgan fingerprint density at radius 3 is 2.63 bits per heavy atom. The van der Waals surface area contributed by atoms with Gasteiger partial charge in [0.25, 0.3) is 5.91 Å². The van der Waals surface area contributed by atoms with Gasteiger partial charge in [-0.15, -0.1) is 0 Å². The third-order valence-corrected chi connectivity index (χ3v) is 4.94. The maximum atomic E-state index is 12.6. The van der Waals surface area contributed by atoms with E-state index in [1.54, 1.807) is 25.0 Å². The second-order valence-corrected chi connectivity index (χ2v) is 6.93. The van der Waals surface area contributed by atoms with Crippen LogP contribution in [0.4, 0.5) is 0 Å². The first kappa shape index (κ1) is 21.4. The SMILES string of the molecule is CCOC(=O)C1CCN(C(=O)c2cc(=O)c(OCc3cccc(OC)c3)co2)CC1. The van der Waals surface area contributed by atoms with Gasteiger partial charge in [0.15, 0.2) is 5.76 Å². The molecule has 8 heteroatoms. The summed E-state index contributed by atoms with van der Waals surface area (Å²) in [4.78, 5) is 38.4. The monoisotopic (exact) mass is 415 g/mol. The van der Waals surface area contributed by atoms with E-state index in [-0.39, 0.29) is 35.9 Å². The molecule has 0 N–H and O–H groups in total. The molecule has 1 fully saturated rings. The first-order valence-electron chi connectivity index (χ1n) is 9.86. The van der Waals surface area contributed by atoms with Gasteiger partial charge in [0.1, 0.15) is 18.6 Å². The van der Waals surface area contributed by atoms with Crippen molar-refractivity contribution in [3.05, 3.63) is 58.1 Å². The molecule has 1 aromatic heterocycles. The van der Waals surface area contributed by atoms with Crippen LogP contribution in [0.2, 0.25) is 0 Å². The van der Waals surface area contributed by atoms with Gasteiger partial charge >= 0.3 is 5.97 Å². The summed E-state index contributed by atoms with van der Waals surface area (Å²) >= 11 is 0. The molecule has 8 nitrogen and oxygen atoms in total. The van der Waals surface area contributed by atoms with Crippen LogP contribution in [0.1, 0.15) is 35.9 Å². The summed E-state index contributed by atoms with van der Waals surface area (Å²) in [6.07, 6.45) is 2.20. The highest BCUT2D eigenvalue weighted by Crippen LogP contribution is 2.21. The molecule has 0 bridgehead atoms. The highest BCUT2D eigenvalue weighted by Gasteiger charge is 2.29. The smallest absolute Gasteiger partial charge is 0.309 e. The number of likely N-dealkylation sites (tertiary alicyclic amines) is 1. The zero-order chi connectivity index (χ0) is 21.5. The largest absolute Gasteiger partial charge is 0.497 e. The summed E-state index contributed by atoms with van der Waals surface area (Å²) in [6, 6.07) is 8.43. The Kier molecular flexibility index (Phi) is 7.11. The Hall–Kier alpha value is -3.29. The summed E-state index contributed by atoms with van der Waals surface area (Å²) < 4.78 is 21.1. The van der Waals surface area contributed by atoms with Crippen LogP contribution in [-0.2, 0) is 16.1 Å². The zero-order valence-corrected chi connectivity index (χ0v) is 17.1. The molecular weight excluding hydrogens is 390 g/mol. The van der Waals surface area contributed by atoms with Crippen molar-refractivity contribution in [2.45, 2.75) is 26.4 Å². The van der Waals surface area contributed by atoms with Gasteiger partial charge in [-0.05, 0) is 37.5 Å². The molecule has 0 spiro atoms. The number of esters is 1. The topological polar surface area (TPSA) is 95.3 Å². The van der Waals surface area contributed by atoms with Gasteiger partial charge in [-0.25, -0.2) is 0 Å². The quantitative estimate of drug-likeness (QED) is 0.642. The van der Waals surface area contributed by atoms with Crippen LogP contribution in [0.3, 0.4) is 0 Å². The number of nitrogens with zero attached hydrogens (tertiary/aromatic N) is 1. The molecule has 1 aliphatic heterocycles. The molecule has 0 atom stereocenters. The summed E-state index contributed by atoms with van der Waals surface area (Å²) in [5.74, 6) is -0.148. The van der Waals surface area contributed by atoms with Crippen molar-refractivity contribution in [1.82, 2.24) is 4.90 Å². The minimum absolute atomic E-state index is 0.0235. The van der Waals surface area contributed by atoms with E-state index in [0.717, 1.165) is 17.9 Å². The number of carbonyl (C=O) groups is 2. The van der Waals surface area contributed by atoms with E-state index in [9.17, 15) is 14.4 Å². The molecule has 1 amide bonds. The molecule has 0 radical (unpaired) electrons. The van der Waals surface area contributed by atoms with Crippen LogP contribution >= 0.6 is 0 Å². The number of piperidine rings is 1. The molecule has 0 aliphatic carbocycles. The maximum absolute atomic E-state index is 12.6. The van der Waals surface area contributed by atoms with Gasteiger partial charge in [-0.3, -0.25) is 14.4 Å². The minimum atomic E-state index is -0.436. The predicted octanol–water partition coefficient (Wildman–Crippen LogP) is 2.64. The van der Waals surface area contributed by atoms with Crippen LogP contribution in [0.25, 0.3) is 0 Å². The van der Waals surface area contributed by atoms with Crippen molar-refractivity contribution in [2.24, 2.45) is 5.92 Å². The molecule has 1 aliphatic rings. The molecule has 1 saturated heterocycles. The first-order chi connectivity index (χ1) is 14.5. The molecule has 2 aromatic rings. The van der Waals surface area contributed by atoms with E-state index in [0.29, 0.717) is 38.3 Å². The van der Waals surface area contributed by atoms with Crippen LogP contribution in [0.5, 0.6) is 11.5 Å². The highest BCUT2D eigenvalue weighted by molar-refractivity contribution is 5.91. The van der Waals surface area contributed by atoms with Crippen LogP contribution < -0.4 is 14.9 Å². The van der Waals surface area contributed by atoms with Gasteiger partial charge in [0.2, 0.25) is 11.2 Å². The van der Waals surface area contributed by atoms with E-state index < -0.39 is 5.43 Å². The lowest BCUT2D eigenvalue weighted by atomic mass is 9.97. The molecule has 160 valence electrons. The lowest BCUT2D eigenvalue weighted by molar-refractivity contribution is -0.149. The lowest BCUT2D eigenvalue weighted by Crippen LogP contribution is -2.40. The Morgan fingerprint density at radius 1 is 1.20 bits per heavy atom. The standard InChI is InChI=1S/C22H25NO7/c1-3-28-22(26)16-7-9-23(10-8-16)21(25)19-12-18(24)20(14-30-19)29-13-15-5-4-6-17(11-15)27-2/h4-6,11-12,14,16H,3,7-10,13H2,1-2H3. The molecule has 0 unspecified atom stereocenters. The first-order valence-corrected chi connectivity index (χ1v) is 9.86. The van der Waals surface area contributed by atoms with E-state index in [1.807, 2.05) is 18.2 Å². The third-order valence-electron chi connectivity index (χ3n) is 4.94. The van der Waals surface area contributed by atoms with E-state index >= 15 is 0 Å². The molecule has 0 saturated carbocycles. The fourth-order valence-corrected chi connectivity index (χ4v) is 3.27. The summed E-state index contributed by atoms with van der Waals surface area (Å²) in [5.41, 5.74) is 0.396. The number of carbonyl (C=O) groups excluding carboxylic acids is 2. The second kappa shape index (κ2) is 9.96. The third kappa shape index (κ3) is 5.20. The number of hydrogen-bond donors (Lipinski definition) is 0. The fraction of sp³-hybridized carbons (Fsp3) is 0.409. The van der Waals surface area contributed by atoms with Gasteiger partial charge in [0.05, 0.1) is 19.6 Å². The minimum Gasteiger partial charge on any atom is -0.497 e. The summed E-state index contributed by atoms with van der Waals surface area (Å²) in [7, 11) is 1.57. The zero-order valence-electron chi connectivity index (χ0n) is 17.1. The summed E-state index contributed by atoms with van der Waals surface area (Å²) in [6.45, 7) is 3.08. The normalized spacial score (nSPS) is 14.3. The van der Waals surface area contributed by atoms with Crippen molar-refractivity contribution < 1.29 is 28.2 Å². The average molecular weight is 415 g/mol. The maximum Gasteiger partial charge on any atom is 0.309 e. The van der Waals surface area contributed by atoms with Gasteiger partial charge in [0, 0.05) is 19.2 Å². The molecule has 1 aromatic carbocycles. The second-order valence-electron chi connectivity index (χ2n) is 6.93. The van der Waals surface area contributed by atoms with E-state index in [2.05, 4.69) is 0 Å². The van der Waals surface area contributed by atoms with Crippen LogP contribution in [-0.4, -0.2) is 43.6 Å². The van der Waals surface area contributed by atoms with Crippen molar-refractivity contribution >= 4 is 11.9 Å². The molecule has 2 heterocycles. The molecular formula is C22H25NO7. The molecule has 3 rings (SSSR count). The van der Waals surface area contributed by atoms with Crippen molar-refractivity contribution in [3.63, 3.8) is 0 Å². The average Bonchev–Trinajstić information content (AvgIpc) is 2.78. The number of rotatable bonds is 7. The lowest BCUT2D eigenvalue weighted by Gasteiger charge is -2.30. The Bertz CT molecular complexity index is 944. The van der Waals surface area contributed by atoms with E-state index in [4.69, 9.17) is 18.6 Å². The van der Waals surface area contributed by atoms with Gasteiger partial charge < -0.3 is 23.5 Å². The van der Waals surface area contributed by atoms with Crippen molar-refractivity contribution in [2.75, 3.05) is 26.8 Å². The summed E-state index contributed by atoms with van der Waals surface area (Å²) in [5, 5.41) is 0. The fourth-order valence-electron chi connectivity index (χ4n) is 3.27. The van der Waals surface area contributed by atoms with E-state index in [1.165, 1.54) is 0 Å². The van der Waals surface area contributed by atoms with Crippen LogP contribution in [0, 0.1) is 5.92 Å². The number of methoxy groups -OCH3 is 1. The number of ether oxygens (including phenoxy) is 3. The Balaban J connectivity index is 1.59. The molecule has 30 heavy (non-hydrogen) atoms. The van der Waals surface area contributed by atoms with Crippen molar-refractivity contribution in [1.29, 1.82) is 0 Å². The predicted molar refractivity (Wildman–Crippen MR) is 108 cm³/mol. The Morgan fingerprint density at radius 2 is 1.97 bits per heavy atom. The van der Waals surface area contributed by atoms with Crippen molar-refractivity contribution in [3.8, 4) is 11.5 Å². The van der Waals surface area contributed by atoms with Gasteiger partial charge in [-0.1, -0.05) is 12.1 Å². The Labute approximate surface area is 174 Å². The number of amides is 1. The number of benzene rings is 1.